The lowest BCUT2D eigenvalue weighted by atomic mass is 10.2. The molecule has 0 unspecified atom stereocenters. The summed E-state index contributed by atoms with van der Waals surface area (Å²) in [4.78, 5) is 20.8. The summed E-state index contributed by atoms with van der Waals surface area (Å²) in [5, 5.41) is 4.97. The molecule has 0 amide bonds. The lowest BCUT2D eigenvalue weighted by Gasteiger charge is -2.14. The number of nitrogens with zero attached hydrogens (tertiary/aromatic N) is 5. The normalized spacial score (nSPS) is 10.5. The molecule has 0 spiro atoms. The SMILES string of the molecule is CCOc1ncc2ccccc2n1.COc1cc2c(Nc3ccc(Cl)cc3F)ncnc2cc1OCCOc1cccnc1. The number of para-hydroxylation sites is 1. The monoisotopic (exact) mass is 614 g/mol. The van der Waals surface area contributed by atoms with Crippen LogP contribution in [0.25, 0.3) is 21.8 Å². The molecule has 0 bridgehead atoms. The van der Waals surface area contributed by atoms with Crippen LogP contribution in [0.3, 0.4) is 0 Å². The van der Waals surface area contributed by atoms with Crippen LogP contribution < -0.4 is 24.3 Å². The van der Waals surface area contributed by atoms with Crippen molar-refractivity contribution < 1.29 is 23.3 Å². The highest BCUT2D eigenvalue weighted by Gasteiger charge is 2.13. The Balaban J connectivity index is 0.000000245. The summed E-state index contributed by atoms with van der Waals surface area (Å²) in [5.74, 6) is 1.60. The van der Waals surface area contributed by atoms with E-state index in [1.165, 1.54) is 19.5 Å². The van der Waals surface area contributed by atoms with Crippen molar-refractivity contribution in [2.45, 2.75) is 6.92 Å². The molecule has 0 aliphatic rings. The Morgan fingerprint density at radius 2 is 1.70 bits per heavy atom. The van der Waals surface area contributed by atoms with E-state index in [0.29, 0.717) is 64.8 Å². The van der Waals surface area contributed by atoms with Crippen molar-refractivity contribution in [1.82, 2.24) is 24.9 Å². The molecule has 12 heteroatoms. The smallest absolute Gasteiger partial charge is 0.316 e. The van der Waals surface area contributed by atoms with E-state index in [1.54, 1.807) is 48.9 Å². The molecule has 0 aliphatic carbocycles. The number of hydrogen-bond donors (Lipinski definition) is 1. The number of halogens is 2. The molecule has 1 N–H and O–H groups in total. The number of methoxy groups -OCH3 is 1. The van der Waals surface area contributed by atoms with Gasteiger partial charge >= 0.3 is 6.01 Å². The van der Waals surface area contributed by atoms with E-state index in [0.717, 1.165) is 10.9 Å². The van der Waals surface area contributed by atoms with Crippen molar-refractivity contribution in [1.29, 1.82) is 0 Å². The number of aromatic nitrogens is 5. The molecule has 6 aromatic rings. The molecule has 3 aromatic carbocycles. The van der Waals surface area contributed by atoms with Gasteiger partial charge in [0, 0.05) is 34.3 Å². The summed E-state index contributed by atoms with van der Waals surface area (Å²) in [6.45, 7) is 3.14. The molecular formula is C32H28ClFN6O4. The zero-order valence-corrected chi connectivity index (χ0v) is 24.7. The minimum Gasteiger partial charge on any atom is -0.493 e. The molecule has 6 rings (SSSR count). The van der Waals surface area contributed by atoms with Gasteiger partial charge in [0.05, 0.1) is 36.6 Å². The quantitative estimate of drug-likeness (QED) is 0.161. The molecule has 0 aliphatic heterocycles. The lowest BCUT2D eigenvalue weighted by Crippen LogP contribution is -2.09. The first-order valence-corrected chi connectivity index (χ1v) is 14.0. The average molecular weight is 615 g/mol. The van der Waals surface area contributed by atoms with Crippen LogP contribution in [-0.2, 0) is 0 Å². The number of benzene rings is 3. The van der Waals surface area contributed by atoms with Gasteiger partial charge in [-0.25, -0.2) is 19.3 Å². The minimum atomic E-state index is -0.486. The minimum absolute atomic E-state index is 0.247. The maximum absolute atomic E-state index is 14.2. The molecule has 10 nitrogen and oxygen atoms in total. The molecule has 3 aromatic heterocycles. The van der Waals surface area contributed by atoms with Crippen LogP contribution in [0.4, 0.5) is 15.9 Å². The van der Waals surface area contributed by atoms with Crippen molar-refractivity contribution in [2.75, 3.05) is 32.2 Å². The van der Waals surface area contributed by atoms with Crippen LogP contribution in [0.1, 0.15) is 6.92 Å². The third-order valence-electron chi connectivity index (χ3n) is 6.09. The third-order valence-corrected chi connectivity index (χ3v) is 6.32. The van der Waals surface area contributed by atoms with Crippen molar-refractivity contribution in [3.05, 3.63) is 102 Å². The average Bonchev–Trinajstić information content (AvgIpc) is 3.05. The zero-order chi connectivity index (χ0) is 30.7. The number of hydrogen-bond acceptors (Lipinski definition) is 10. The van der Waals surface area contributed by atoms with Crippen LogP contribution in [0.2, 0.25) is 5.02 Å². The molecular weight excluding hydrogens is 587 g/mol. The Morgan fingerprint density at radius 1 is 0.841 bits per heavy atom. The van der Waals surface area contributed by atoms with E-state index in [1.807, 2.05) is 37.3 Å². The molecule has 0 atom stereocenters. The van der Waals surface area contributed by atoms with E-state index in [2.05, 4.69) is 30.2 Å². The van der Waals surface area contributed by atoms with Gasteiger partial charge in [-0.05, 0) is 49.4 Å². The van der Waals surface area contributed by atoms with Crippen LogP contribution in [-0.4, -0.2) is 51.9 Å². The number of ether oxygens (including phenoxy) is 4. The van der Waals surface area contributed by atoms with Gasteiger partial charge in [0.25, 0.3) is 0 Å². The van der Waals surface area contributed by atoms with E-state index in [4.69, 9.17) is 30.5 Å². The fourth-order valence-electron chi connectivity index (χ4n) is 4.05. The van der Waals surface area contributed by atoms with Crippen molar-refractivity contribution in [3.8, 4) is 23.3 Å². The number of nitrogens with one attached hydrogen (secondary N) is 1. The summed E-state index contributed by atoms with van der Waals surface area (Å²) < 4.78 is 36.3. The highest BCUT2D eigenvalue weighted by Crippen LogP contribution is 2.35. The Bertz CT molecular complexity index is 1850. The van der Waals surface area contributed by atoms with E-state index in [9.17, 15) is 4.39 Å². The van der Waals surface area contributed by atoms with Crippen molar-refractivity contribution in [3.63, 3.8) is 0 Å². The van der Waals surface area contributed by atoms with Gasteiger partial charge in [0.1, 0.15) is 36.9 Å². The highest BCUT2D eigenvalue weighted by atomic mass is 35.5. The molecule has 3 heterocycles. The second-order valence-electron chi connectivity index (χ2n) is 9.02. The molecule has 0 radical (unpaired) electrons. The Morgan fingerprint density at radius 3 is 2.50 bits per heavy atom. The Hall–Kier alpha value is -5.29. The van der Waals surface area contributed by atoms with Crippen LogP contribution in [0.15, 0.2) is 91.6 Å². The van der Waals surface area contributed by atoms with E-state index >= 15 is 0 Å². The van der Waals surface area contributed by atoms with Crippen molar-refractivity contribution >= 4 is 44.9 Å². The lowest BCUT2D eigenvalue weighted by molar-refractivity contribution is 0.211. The van der Waals surface area contributed by atoms with E-state index in [-0.39, 0.29) is 5.69 Å². The van der Waals surface area contributed by atoms with Gasteiger partial charge in [0.2, 0.25) is 0 Å². The second kappa shape index (κ2) is 14.7. The molecule has 44 heavy (non-hydrogen) atoms. The van der Waals surface area contributed by atoms with Gasteiger partial charge in [-0.1, -0.05) is 29.8 Å². The number of pyridine rings is 1. The topological polar surface area (TPSA) is 113 Å². The fraction of sp³-hybridized carbons (Fsp3) is 0.156. The highest BCUT2D eigenvalue weighted by molar-refractivity contribution is 6.30. The van der Waals surface area contributed by atoms with Gasteiger partial charge in [-0.15, -0.1) is 0 Å². The summed E-state index contributed by atoms with van der Waals surface area (Å²) in [7, 11) is 1.54. The third kappa shape index (κ3) is 7.75. The predicted octanol–water partition coefficient (Wildman–Crippen LogP) is 7.06. The predicted molar refractivity (Wildman–Crippen MR) is 167 cm³/mol. The molecule has 0 saturated heterocycles. The largest absolute Gasteiger partial charge is 0.493 e. The summed E-state index contributed by atoms with van der Waals surface area (Å²) in [6, 6.07) is 19.7. The standard InChI is InChI=1S/C22H18ClFN4O3.C10H10N2O/c1-29-20-10-16-19(11-21(20)31-8-7-30-15-3-2-6-25-12-15)26-13-27-22(16)28-18-5-4-14(23)9-17(18)24;1-2-13-10-11-7-8-5-3-4-6-9(8)12-10/h2-6,9-13H,7-8H2,1H3,(H,26,27,28);3-7H,2H2,1H3. The maximum Gasteiger partial charge on any atom is 0.316 e. The van der Waals surface area contributed by atoms with Gasteiger partial charge in [-0.3, -0.25) is 4.98 Å². The van der Waals surface area contributed by atoms with Crippen LogP contribution >= 0.6 is 11.6 Å². The summed E-state index contributed by atoms with van der Waals surface area (Å²) >= 11 is 5.82. The molecule has 0 saturated carbocycles. The maximum atomic E-state index is 14.2. The number of fused-ring (bicyclic) bond motifs is 2. The molecule has 224 valence electrons. The zero-order valence-electron chi connectivity index (χ0n) is 23.9. The number of rotatable bonds is 10. The first-order chi connectivity index (χ1) is 21.5. The van der Waals surface area contributed by atoms with Gasteiger partial charge < -0.3 is 24.3 Å². The van der Waals surface area contributed by atoms with Crippen LogP contribution in [0, 0.1) is 5.82 Å². The fourth-order valence-corrected chi connectivity index (χ4v) is 4.21. The Labute approximate surface area is 257 Å². The summed E-state index contributed by atoms with van der Waals surface area (Å²) in [5.41, 5.74) is 1.77. The first kappa shape index (κ1) is 30.2. The summed E-state index contributed by atoms with van der Waals surface area (Å²) in [6.07, 6.45) is 6.47. The molecule has 0 fully saturated rings. The second-order valence-corrected chi connectivity index (χ2v) is 9.46. The number of anilines is 2. The Kier molecular flexibility index (Phi) is 10.1. The first-order valence-electron chi connectivity index (χ1n) is 13.6. The van der Waals surface area contributed by atoms with Crippen LogP contribution in [0.5, 0.6) is 23.3 Å². The van der Waals surface area contributed by atoms with Gasteiger partial charge in [-0.2, -0.15) is 4.98 Å². The van der Waals surface area contributed by atoms with Crippen molar-refractivity contribution in [2.24, 2.45) is 0 Å². The van der Waals surface area contributed by atoms with Gasteiger partial charge in [0.15, 0.2) is 11.5 Å². The van der Waals surface area contributed by atoms with E-state index < -0.39 is 5.82 Å².